The highest BCUT2D eigenvalue weighted by Gasteiger charge is 2.49. The molecule has 0 bridgehead atoms. The number of carbonyl (C=O) groups excluding carboxylic acids is 1. The highest BCUT2D eigenvalue weighted by atomic mass is 16.5. The summed E-state index contributed by atoms with van der Waals surface area (Å²) in [6.45, 7) is 15.1. The molecule has 2 aliphatic rings. The van der Waals surface area contributed by atoms with Gasteiger partial charge in [0, 0.05) is 67.5 Å². The van der Waals surface area contributed by atoms with Crippen LogP contribution in [0.2, 0.25) is 0 Å². The molecular weight excluding hydrogens is 542 g/mol. The van der Waals surface area contributed by atoms with Crippen LogP contribution in [-0.4, -0.2) is 91.0 Å². The summed E-state index contributed by atoms with van der Waals surface area (Å²) in [5.41, 5.74) is 6.24. The number of imidazole rings is 1. The van der Waals surface area contributed by atoms with Crippen molar-refractivity contribution in [3.8, 4) is 5.75 Å². The van der Waals surface area contributed by atoms with Crippen LogP contribution in [0.4, 0.5) is 5.69 Å². The Morgan fingerprint density at radius 3 is 2.65 bits per heavy atom. The van der Waals surface area contributed by atoms with Crippen molar-refractivity contribution in [3.63, 3.8) is 0 Å². The minimum absolute atomic E-state index is 0.236. The zero-order valence-corrected chi connectivity index (χ0v) is 25.5. The average Bonchev–Trinajstić information content (AvgIpc) is 3.61. The number of hydrogen-bond acceptors (Lipinski definition) is 7. The number of fused-ring (bicyclic) bond motifs is 2. The lowest BCUT2D eigenvalue weighted by atomic mass is 9.73. The van der Waals surface area contributed by atoms with Gasteiger partial charge in [0.15, 0.2) is 0 Å². The molecule has 224 valence electrons. The number of benzene rings is 1. The molecule has 4 aromatic heterocycles. The van der Waals surface area contributed by atoms with Crippen molar-refractivity contribution in [3.05, 3.63) is 71.6 Å². The largest absolute Gasteiger partial charge is 0.492 e. The summed E-state index contributed by atoms with van der Waals surface area (Å²) in [5, 5.41) is 13.6. The second-order valence-electron chi connectivity index (χ2n) is 12.7. The molecule has 1 amide bonds. The Labute approximate surface area is 251 Å². The molecule has 2 fully saturated rings. The molecule has 0 aliphatic carbocycles. The predicted molar refractivity (Wildman–Crippen MR) is 166 cm³/mol. The Balaban J connectivity index is 1.03. The topological polar surface area (TPSA) is 97.8 Å². The molecule has 11 nitrogen and oxygen atoms in total. The van der Waals surface area contributed by atoms with Crippen LogP contribution >= 0.6 is 0 Å². The maximum Gasteiger partial charge on any atom is 0.274 e. The molecule has 5 aromatic rings. The van der Waals surface area contributed by atoms with Crippen molar-refractivity contribution in [2.45, 2.75) is 40.3 Å². The number of aryl methyl sites for hydroxylation is 2. The Kier molecular flexibility index (Phi) is 6.74. The molecule has 0 saturated carbocycles. The first-order chi connectivity index (χ1) is 20.7. The van der Waals surface area contributed by atoms with Crippen molar-refractivity contribution < 1.29 is 9.53 Å². The smallest absolute Gasteiger partial charge is 0.274 e. The Morgan fingerprint density at radius 1 is 1.09 bits per heavy atom. The van der Waals surface area contributed by atoms with Crippen LogP contribution in [-0.2, 0) is 6.54 Å². The van der Waals surface area contributed by atoms with E-state index in [1.54, 1.807) is 10.6 Å². The number of hydrogen-bond donors (Lipinski definition) is 1. The van der Waals surface area contributed by atoms with Gasteiger partial charge in [-0.25, -0.2) is 4.98 Å². The molecule has 0 radical (unpaired) electrons. The first-order valence-electron chi connectivity index (χ1n) is 15.0. The average molecular weight is 582 g/mol. The summed E-state index contributed by atoms with van der Waals surface area (Å²) in [4.78, 5) is 22.8. The number of anilines is 1. The summed E-state index contributed by atoms with van der Waals surface area (Å²) in [6, 6.07) is 12.0. The number of aromatic nitrogens is 6. The van der Waals surface area contributed by atoms with E-state index in [9.17, 15) is 4.79 Å². The van der Waals surface area contributed by atoms with E-state index in [1.807, 2.05) is 52.8 Å². The van der Waals surface area contributed by atoms with E-state index in [1.165, 1.54) is 13.1 Å². The van der Waals surface area contributed by atoms with E-state index in [4.69, 9.17) is 14.9 Å². The lowest BCUT2D eigenvalue weighted by molar-refractivity contribution is -0.106. The Hall–Kier alpha value is -4.22. The number of amides is 1. The molecule has 1 N–H and O–H groups in total. The number of ether oxygens (including phenoxy) is 1. The van der Waals surface area contributed by atoms with Crippen LogP contribution in [0.5, 0.6) is 5.75 Å². The molecular formula is C32H39N9O2. The minimum Gasteiger partial charge on any atom is -0.492 e. The highest BCUT2D eigenvalue weighted by Crippen LogP contribution is 2.38. The monoisotopic (exact) mass is 581 g/mol. The Morgan fingerprint density at radius 2 is 1.91 bits per heavy atom. The maximum absolute atomic E-state index is 13.5. The number of nitrogens with one attached hydrogen (secondary N) is 1. The summed E-state index contributed by atoms with van der Waals surface area (Å²) in [6.07, 6.45) is 3.45. The standard InChI is InChI=1S/C32H39N9O2/c1-21(2)41-22(3)13-24(36-41)16-40-27-8-6-7-26(30(27)23(4)35-40)34-31(42)28-15-33-29-14-25(9-10-39(28)29)43-12-11-38-19-32(20-38)17-37(5)18-32/h6-10,13-15,21H,11-12,16-20H2,1-5H3,(H,34,42). The highest BCUT2D eigenvalue weighted by molar-refractivity contribution is 6.08. The fourth-order valence-corrected chi connectivity index (χ4v) is 7.01. The molecule has 43 heavy (non-hydrogen) atoms. The Bertz CT molecular complexity index is 1820. The number of nitrogens with zero attached hydrogens (tertiary/aromatic N) is 8. The van der Waals surface area contributed by atoms with E-state index >= 15 is 0 Å². The van der Waals surface area contributed by atoms with E-state index in [-0.39, 0.29) is 5.91 Å². The van der Waals surface area contributed by atoms with Gasteiger partial charge in [-0.05, 0) is 59.0 Å². The summed E-state index contributed by atoms with van der Waals surface area (Å²) in [7, 11) is 2.18. The molecule has 11 heteroatoms. The third-order valence-electron chi connectivity index (χ3n) is 8.70. The van der Waals surface area contributed by atoms with Crippen LogP contribution in [0.3, 0.4) is 0 Å². The number of carbonyl (C=O) groups is 1. The lowest BCUT2D eigenvalue weighted by Crippen LogP contribution is -2.71. The summed E-state index contributed by atoms with van der Waals surface area (Å²) in [5.74, 6) is 0.519. The van der Waals surface area contributed by atoms with E-state index < -0.39 is 0 Å². The molecule has 2 aliphatic heterocycles. The maximum atomic E-state index is 13.5. The van der Waals surface area contributed by atoms with Gasteiger partial charge in [0.05, 0.1) is 35.3 Å². The molecule has 2 saturated heterocycles. The van der Waals surface area contributed by atoms with Gasteiger partial charge in [0.25, 0.3) is 5.91 Å². The summed E-state index contributed by atoms with van der Waals surface area (Å²) < 4.78 is 11.8. The first kappa shape index (κ1) is 27.6. The molecule has 0 unspecified atom stereocenters. The first-order valence-corrected chi connectivity index (χ1v) is 15.0. The second-order valence-corrected chi connectivity index (χ2v) is 12.7. The van der Waals surface area contributed by atoms with Crippen LogP contribution in [0, 0.1) is 19.3 Å². The normalized spacial score (nSPS) is 16.7. The fraction of sp³-hybridized carbons (Fsp3) is 0.438. The number of pyridine rings is 1. The summed E-state index contributed by atoms with van der Waals surface area (Å²) >= 11 is 0. The van der Waals surface area contributed by atoms with Crippen molar-refractivity contribution in [2.24, 2.45) is 5.41 Å². The zero-order chi connectivity index (χ0) is 29.9. The number of rotatable bonds is 9. The van der Waals surface area contributed by atoms with Crippen LogP contribution in [0.1, 0.15) is 47.5 Å². The van der Waals surface area contributed by atoms with E-state index in [0.29, 0.717) is 41.6 Å². The predicted octanol–water partition coefficient (Wildman–Crippen LogP) is 4.01. The molecule has 6 heterocycles. The third-order valence-corrected chi connectivity index (χ3v) is 8.70. The van der Waals surface area contributed by atoms with Gasteiger partial charge < -0.3 is 15.0 Å². The fourth-order valence-electron chi connectivity index (χ4n) is 7.01. The van der Waals surface area contributed by atoms with Gasteiger partial charge in [-0.2, -0.15) is 10.2 Å². The molecule has 1 aromatic carbocycles. The van der Waals surface area contributed by atoms with Crippen LogP contribution in [0.15, 0.2) is 48.8 Å². The molecule has 1 spiro atoms. The lowest BCUT2D eigenvalue weighted by Gasteiger charge is -2.59. The van der Waals surface area contributed by atoms with Gasteiger partial charge in [0.1, 0.15) is 23.7 Å². The van der Waals surface area contributed by atoms with Crippen LogP contribution in [0.25, 0.3) is 16.6 Å². The van der Waals surface area contributed by atoms with Gasteiger partial charge in [-0.1, -0.05) is 6.07 Å². The third kappa shape index (κ3) is 5.06. The van der Waals surface area contributed by atoms with Gasteiger partial charge in [-0.3, -0.25) is 23.5 Å². The minimum atomic E-state index is -0.236. The van der Waals surface area contributed by atoms with E-state index in [2.05, 4.69) is 54.0 Å². The SMILES string of the molecule is Cc1nn(Cc2cc(C)n(C(C)C)n2)c2cccc(NC(=O)c3cnc4cc(OCCN5CC6(CN(C)C6)C5)ccn34)c12. The van der Waals surface area contributed by atoms with Crippen LogP contribution < -0.4 is 10.1 Å². The molecule has 0 atom stereocenters. The van der Waals surface area contributed by atoms with Crippen molar-refractivity contribution in [2.75, 3.05) is 51.7 Å². The zero-order valence-electron chi connectivity index (χ0n) is 25.5. The number of likely N-dealkylation sites (tertiary alicyclic amines) is 2. The second kappa shape index (κ2) is 10.5. The van der Waals surface area contributed by atoms with Gasteiger partial charge in [-0.15, -0.1) is 0 Å². The van der Waals surface area contributed by atoms with Gasteiger partial charge >= 0.3 is 0 Å². The van der Waals surface area contributed by atoms with Crippen molar-refractivity contribution in [1.82, 2.24) is 38.7 Å². The quantitative estimate of drug-likeness (QED) is 0.281. The van der Waals surface area contributed by atoms with Crippen molar-refractivity contribution in [1.29, 1.82) is 0 Å². The van der Waals surface area contributed by atoms with E-state index in [0.717, 1.165) is 53.4 Å². The van der Waals surface area contributed by atoms with Gasteiger partial charge in [0.2, 0.25) is 0 Å². The van der Waals surface area contributed by atoms with Crippen molar-refractivity contribution >= 4 is 28.1 Å². The molecule has 7 rings (SSSR count).